The number of hydrogen-bond donors (Lipinski definition) is 2. The summed E-state index contributed by atoms with van der Waals surface area (Å²) in [5.41, 5.74) is 6.98. The van der Waals surface area contributed by atoms with Crippen molar-refractivity contribution in [1.29, 1.82) is 0 Å². The van der Waals surface area contributed by atoms with Crippen LogP contribution in [0.15, 0.2) is 30.3 Å². The molecule has 0 saturated heterocycles. The maximum Gasteiger partial charge on any atom is 0.323 e. The molecule has 1 aliphatic rings. The Labute approximate surface area is 117 Å². The van der Waals surface area contributed by atoms with E-state index in [0.29, 0.717) is 24.5 Å². The van der Waals surface area contributed by atoms with E-state index in [-0.39, 0.29) is 12.0 Å². The monoisotopic (exact) mass is 271 g/mol. The Morgan fingerprint density at radius 2 is 2.05 bits per heavy atom. The molecule has 1 fully saturated rings. The van der Waals surface area contributed by atoms with Gasteiger partial charge in [0.15, 0.2) is 0 Å². The molecule has 1 aromatic heterocycles. The molecule has 0 bridgehead atoms. The fraction of sp³-hybridized carbons (Fsp3) is 0.357. The Hall–Kier alpha value is -2.37. The molecular weight excluding hydrogens is 254 g/mol. The number of hydrogen-bond acceptors (Lipinski definition) is 6. The van der Waals surface area contributed by atoms with Gasteiger partial charge in [-0.1, -0.05) is 30.3 Å². The number of benzene rings is 1. The van der Waals surface area contributed by atoms with Gasteiger partial charge in [-0.15, -0.1) is 0 Å². The average Bonchev–Trinajstić information content (AvgIpc) is 3.19. The fourth-order valence-electron chi connectivity index (χ4n) is 2.22. The molecule has 1 aliphatic carbocycles. The van der Waals surface area contributed by atoms with Crippen molar-refractivity contribution in [3.63, 3.8) is 0 Å². The molecule has 0 aliphatic heterocycles. The molecule has 104 valence electrons. The van der Waals surface area contributed by atoms with Crippen LogP contribution in [0.25, 0.3) is 0 Å². The maximum atomic E-state index is 5.65. The van der Waals surface area contributed by atoms with Crippen LogP contribution in [0.3, 0.4) is 0 Å². The highest BCUT2D eigenvalue weighted by Gasteiger charge is 2.38. The highest BCUT2D eigenvalue weighted by Crippen LogP contribution is 2.42. The standard InChI is InChI=1S/C14H17N5O/c1-2-20-14-18-12(15)17-13(19-14)16-11-8-10(11)9-6-4-3-5-7-9/h3-7,10-11H,2,8H2,1H3,(H3,15,16,17,18,19). The van der Waals surface area contributed by atoms with Gasteiger partial charge in [0, 0.05) is 12.0 Å². The Kier molecular flexibility index (Phi) is 3.37. The second-order valence-electron chi connectivity index (χ2n) is 4.74. The predicted octanol–water partition coefficient (Wildman–Crippen LogP) is 1.82. The molecule has 0 spiro atoms. The average molecular weight is 271 g/mol. The van der Waals surface area contributed by atoms with E-state index in [1.54, 1.807) is 0 Å². The third-order valence-corrected chi connectivity index (χ3v) is 3.24. The molecule has 0 radical (unpaired) electrons. The fourth-order valence-corrected chi connectivity index (χ4v) is 2.22. The van der Waals surface area contributed by atoms with Crippen LogP contribution >= 0.6 is 0 Å². The number of nitrogen functional groups attached to an aromatic ring is 1. The molecule has 20 heavy (non-hydrogen) atoms. The summed E-state index contributed by atoms with van der Waals surface area (Å²) in [6.07, 6.45) is 1.07. The summed E-state index contributed by atoms with van der Waals surface area (Å²) in [4.78, 5) is 12.2. The first-order valence-electron chi connectivity index (χ1n) is 6.72. The number of rotatable bonds is 5. The number of anilines is 2. The second kappa shape index (κ2) is 5.32. The number of ether oxygens (including phenoxy) is 1. The molecule has 2 unspecified atom stereocenters. The highest BCUT2D eigenvalue weighted by atomic mass is 16.5. The lowest BCUT2D eigenvalue weighted by molar-refractivity contribution is 0.312. The number of nitrogens with one attached hydrogen (secondary N) is 1. The van der Waals surface area contributed by atoms with Crippen molar-refractivity contribution in [3.05, 3.63) is 35.9 Å². The van der Waals surface area contributed by atoms with Crippen LogP contribution in [0.5, 0.6) is 6.01 Å². The second-order valence-corrected chi connectivity index (χ2v) is 4.74. The van der Waals surface area contributed by atoms with Crippen LogP contribution in [0.4, 0.5) is 11.9 Å². The zero-order valence-corrected chi connectivity index (χ0v) is 11.3. The van der Waals surface area contributed by atoms with Gasteiger partial charge in [-0.3, -0.25) is 0 Å². The zero-order chi connectivity index (χ0) is 13.9. The van der Waals surface area contributed by atoms with Gasteiger partial charge in [0.05, 0.1) is 6.61 Å². The third-order valence-electron chi connectivity index (χ3n) is 3.24. The summed E-state index contributed by atoms with van der Waals surface area (Å²) in [7, 11) is 0. The van der Waals surface area contributed by atoms with Gasteiger partial charge < -0.3 is 15.8 Å². The van der Waals surface area contributed by atoms with Gasteiger partial charge in [-0.2, -0.15) is 15.0 Å². The summed E-state index contributed by atoms with van der Waals surface area (Å²) < 4.78 is 5.26. The van der Waals surface area contributed by atoms with E-state index in [0.717, 1.165) is 6.42 Å². The molecule has 3 N–H and O–H groups in total. The number of aromatic nitrogens is 3. The van der Waals surface area contributed by atoms with Crippen molar-refractivity contribution >= 4 is 11.9 Å². The lowest BCUT2D eigenvalue weighted by atomic mass is 10.1. The molecular formula is C14H17N5O. The van der Waals surface area contributed by atoms with E-state index in [1.807, 2.05) is 13.0 Å². The van der Waals surface area contributed by atoms with Crippen molar-refractivity contribution in [2.45, 2.75) is 25.3 Å². The van der Waals surface area contributed by atoms with Gasteiger partial charge in [-0.05, 0) is 18.9 Å². The third kappa shape index (κ3) is 2.79. The normalized spacial score (nSPS) is 20.4. The smallest absolute Gasteiger partial charge is 0.323 e. The lowest BCUT2D eigenvalue weighted by Gasteiger charge is -2.07. The van der Waals surface area contributed by atoms with E-state index < -0.39 is 0 Å². The first-order valence-corrected chi connectivity index (χ1v) is 6.72. The molecule has 2 aromatic rings. The van der Waals surface area contributed by atoms with Crippen LogP contribution in [0.2, 0.25) is 0 Å². The van der Waals surface area contributed by atoms with Crippen LogP contribution < -0.4 is 15.8 Å². The SMILES string of the molecule is CCOc1nc(N)nc(NC2CC2c2ccccc2)n1. The molecule has 1 aromatic carbocycles. The van der Waals surface area contributed by atoms with E-state index in [1.165, 1.54) is 5.56 Å². The molecule has 2 atom stereocenters. The minimum atomic E-state index is 0.169. The lowest BCUT2D eigenvalue weighted by Crippen LogP contribution is -2.11. The Balaban J connectivity index is 1.68. The first-order chi connectivity index (χ1) is 9.76. The summed E-state index contributed by atoms with van der Waals surface area (Å²) in [5, 5.41) is 3.28. The largest absolute Gasteiger partial charge is 0.464 e. The number of nitrogens with two attached hydrogens (primary N) is 1. The van der Waals surface area contributed by atoms with Crippen LogP contribution in [-0.2, 0) is 0 Å². The van der Waals surface area contributed by atoms with Crippen molar-refractivity contribution in [2.24, 2.45) is 0 Å². The maximum absolute atomic E-state index is 5.65. The molecule has 6 nitrogen and oxygen atoms in total. The van der Waals surface area contributed by atoms with Crippen LogP contribution in [0, 0.1) is 0 Å². The van der Waals surface area contributed by atoms with Gasteiger partial charge in [-0.25, -0.2) is 0 Å². The quantitative estimate of drug-likeness (QED) is 0.862. The summed E-state index contributed by atoms with van der Waals surface area (Å²) in [6.45, 7) is 2.37. The minimum Gasteiger partial charge on any atom is -0.464 e. The topological polar surface area (TPSA) is 86.0 Å². The zero-order valence-electron chi connectivity index (χ0n) is 11.3. The summed E-state index contributed by atoms with van der Waals surface area (Å²) in [6, 6.07) is 11.0. The number of nitrogens with zero attached hydrogens (tertiary/aromatic N) is 3. The summed E-state index contributed by atoms with van der Waals surface area (Å²) in [5.74, 6) is 1.15. The van der Waals surface area contributed by atoms with Gasteiger partial charge in [0.1, 0.15) is 0 Å². The van der Waals surface area contributed by atoms with E-state index in [4.69, 9.17) is 10.5 Å². The Bertz CT molecular complexity index is 589. The van der Waals surface area contributed by atoms with Crippen LogP contribution in [-0.4, -0.2) is 27.6 Å². The highest BCUT2D eigenvalue weighted by molar-refractivity contribution is 5.39. The first kappa shape index (κ1) is 12.7. The van der Waals surface area contributed by atoms with Gasteiger partial charge in [0.25, 0.3) is 0 Å². The predicted molar refractivity (Wildman–Crippen MR) is 76.6 cm³/mol. The van der Waals surface area contributed by atoms with Crippen molar-refractivity contribution in [1.82, 2.24) is 15.0 Å². The van der Waals surface area contributed by atoms with Gasteiger partial charge in [0.2, 0.25) is 11.9 Å². The molecule has 0 amide bonds. The van der Waals surface area contributed by atoms with Crippen LogP contribution in [0.1, 0.15) is 24.8 Å². The van der Waals surface area contributed by atoms with Crippen molar-refractivity contribution < 1.29 is 4.74 Å². The summed E-state index contributed by atoms with van der Waals surface area (Å²) >= 11 is 0. The Morgan fingerprint density at radius 3 is 2.80 bits per heavy atom. The molecule has 6 heteroatoms. The van der Waals surface area contributed by atoms with E-state index in [9.17, 15) is 0 Å². The van der Waals surface area contributed by atoms with Gasteiger partial charge >= 0.3 is 6.01 Å². The molecule has 3 rings (SSSR count). The Morgan fingerprint density at radius 1 is 1.25 bits per heavy atom. The van der Waals surface area contributed by atoms with Crippen molar-refractivity contribution in [3.8, 4) is 6.01 Å². The van der Waals surface area contributed by atoms with E-state index in [2.05, 4.69) is 44.5 Å². The molecule has 1 saturated carbocycles. The minimum absolute atomic E-state index is 0.169. The molecule has 1 heterocycles. The van der Waals surface area contributed by atoms with E-state index >= 15 is 0 Å². The van der Waals surface area contributed by atoms with Crippen molar-refractivity contribution in [2.75, 3.05) is 17.7 Å².